The number of benzene rings is 1. The minimum atomic E-state index is -3.70. The zero-order valence-corrected chi connectivity index (χ0v) is 17.6. The molecule has 0 aliphatic heterocycles. The highest BCUT2D eigenvalue weighted by Gasteiger charge is 2.12. The number of carbonyl (C=O) groups excluding carboxylic acids is 1. The Hall–Kier alpha value is -1.72. The molecule has 0 saturated carbocycles. The van der Waals surface area contributed by atoms with E-state index in [2.05, 4.69) is 15.7 Å². The Kier molecular flexibility index (Phi) is 6.33. The first kappa shape index (κ1) is 20.0. The summed E-state index contributed by atoms with van der Waals surface area (Å²) in [5.74, 6) is 0.577. The summed E-state index contributed by atoms with van der Waals surface area (Å²) in [6, 6.07) is 10.4. The van der Waals surface area contributed by atoms with Gasteiger partial charge in [0, 0.05) is 26.5 Å². The van der Waals surface area contributed by atoms with Gasteiger partial charge in [0.1, 0.15) is 4.21 Å². The van der Waals surface area contributed by atoms with Crippen LogP contribution in [0.25, 0.3) is 0 Å². The third kappa shape index (κ3) is 5.63. The van der Waals surface area contributed by atoms with Crippen molar-refractivity contribution >= 4 is 50.4 Å². The molecule has 27 heavy (non-hydrogen) atoms. The molecular formula is C17H17N3O3S4. The number of sulfonamides is 1. The molecule has 0 atom stereocenters. The molecular weight excluding hydrogens is 422 g/mol. The van der Waals surface area contributed by atoms with Gasteiger partial charge in [-0.05, 0) is 43.3 Å². The summed E-state index contributed by atoms with van der Waals surface area (Å²) < 4.78 is 22.6. The van der Waals surface area contributed by atoms with E-state index in [1.54, 1.807) is 41.3 Å². The average molecular weight is 440 g/mol. The van der Waals surface area contributed by atoms with Crippen molar-refractivity contribution < 1.29 is 13.2 Å². The fraction of sp³-hybridized carbons (Fsp3) is 0.176. The Labute approximate surface area is 169 Å². The van der Waals surface area contributed by atoms with Crippen LogP contribution in [0.2, 0.25) is 0 Å². The number of nitrogens with one attached hydrogen (secondary N) is 1. The molecule has 2 heterocycles. The normalized spacial score (nSPS) is 11.5. The van der Waals surface area contributed by atoms with E-state index in [0.29, 0.717) is 5.56 Å². The molecule has 3 aromatic rings. The van der Waals surface area contributed by atoms with E-state index in [9.17, 15) is 13.2 Å². The Morgan fingerprint density at radius 3 is 2.56 bits per heavy atom. The van der Waals surface area contributed by atoms with Gasteiger partial charge in [-0.1, -0.05) is 0 Å². The number of nitrogens with two attached hydrogens (primary N) is 1. The van der Waals surface area contributed by atoms with E-state index in [0.717, 1.165) is 37.6 Å². The lowest BCUT2D eigenvalue weighted by molar-refractivity contribution is 0.0951. The zero-order valence-electron chi connectivity index (χ0n) is 14.3. The summed E-state index contributed by atoms with van der Waals surface area (Å²) in [7, 11) is -3.70. The van der Waals surface area contributed by atoms with Crippen LogP contribution in [0.1, 0.15) is 25.9 Å². The molecule has 0 saturated heterocycles. The van der Waals surface area contributed by atoms with Crippen LogP contribution in [-0.2, 0) is 22.3 Å². The van der Waals surface area contributed by atoms with E-state index in [1.165, 1.54) is 6.07 Å². The topological polar surface area (TPSA) is 102 Å². The second kappa shape index (κ2) is 8.53. The number of hydrogen-bond donors (Lipinski definition) is 2. The predicted octanol–water partition coefficient (Wildman–Crippen LogP) is 3.38. The molecule has 0 radical (unpaired) electrons. The molecule has 1 amide bonds. The highest BCUT2D eigenvalue weighted by atomic mass is 32.2. The van der Waals surface area contributed by atoms with E-state index in [4.69, 9.17) is 5.14 Å². The van der Waals surface area contributed by atoms with Crippen LogP contribution in [0.15, 0.2) is 50.9 Å². The second-order valence-corrected chi connectivity index (χ2v) is 10.7. The number of thioether (sulfide) groups is 1. The molecule has 2 aromatic heterocycles. The van der Waals surface area contributed by atoms with Crippen molar-refractivity contribution in [2.24, 2.45) is 5.14 Å². The van der Waals surface area contributed by atoms with Crippen LogP contribution in [0.5, 0.6) is 0 Å². The fourth-order valence-corrected chi connectivity index (χ4v) is 5.44. The van der Waals surface area contributed by atoms with Crippen molar-refractivity contribution in [3.05, 3.63) is 62.9 Å². The Morgan fingerprint density at radius 2 is 1.96 bits per heavy atom. The lowest BCUT2D eigenvalue weighted by atomic mass is 10.2. The second-order valence-electron chi connectivity index (χ2n) is 5.62. The smallest absolute Gasteiger partial charge is 0.251 e. The summed E-state index contributed by atoms with van der Waals surface area (Å²) in [4.78, 5) is 18.5. The highest BCUT2D eigenvalue weighted by Crippen LogP contribution is 2.24. The number of aryl methyl sites for hydroxylation is 1. The van der Waals surface area contributed by atoms with Gasteiger partial charge in [-0.25, -0.2) is 18.5 Å². The van der Waals surface area contributed by atoms with Crippen LogP contribution in [-0.4, -0.2) is 19.3 Å². The van der Waals surface area contributed by atoms with Crippen molar-refractivity contribution in [3.8, 4) is 0 Å². The third-order valence-corrected chi connectivity index (χ3v) is 7.90. The number of hydrogen-bond acceptors (Lipinski definition) is 7. The molecule has 0 spiro atoms. The van der Waals surface area contributed by atoms with Gasteiger partial charge in [0.2, 0.25) is 10.0 Å². The molecule has 1 aromatic carbocycles. The predicted molar refractivity (Wildman–Crippen MR) is 110 cm³/mol. The number of aromatic nitrogens is 1. The number of thiazole rings is 1. The van der Waals surface area contributed by atoms with E-state index in [1.807, 2.05) is 19.1 Å². The SMILES string of the molecule is Cc1nc(CSc2ccc(C(=O)NCc3ccc(S(N)(=O)=O)s3)cc2)cs1. The minimum absolute atomic E-state index is 0.0865. The first-order valence-electron chi connectivity index (χ1n) is 7.85. The van der Waals surface area contributed by atoms with Crippen LogP contribution >= 0.6 is 34.4 Å². The maximum absolute atomic E-state index is 12.3. The van der Waals surface area contributed by atoms with Gasteiger partial charge < -0.3 is 5.32 Å². The van der Waals surface area contributed by atoms with Crippen LogP contribution in [0.4, 0.5) is 0 Å². The third-order valence-electron chi connectivity index (χ3n) is 3.51. The van der Waals surface area contributed by atoms with Gasteiger partial charge >= 0.3 is 0 Å². The van der Waals surface area contributed by atoms with E-state index >= 15 is 0 Å². The molecule has 0 aliphatic carbocycles. The quantitative estimate of drug-likeness (QED) is 0.550. The first-order valence-corrected chi connectivity index (χ1v) is 12.1. The molecule has 0 bridgehead atoms. The summed E-state index contributed by atoms with van der Waals surface area (Å²) in [6.07, 6.45) is 0. The van der Waals surface area contributed by atoms with Crippen molar-refractivity contribution in [2.75, 3.05) is 0 Å². The van der Waals surface area contributed by atoms with Crippen LogP contribution in [0, 0.1) is 6.92 Å². The Balaban J connectivity index is 1.53. The van der Waals surface area contributed by atoms with Crippen molar-refractivity contribution in [3.63, 3.8) is 0 Å². The maximum Gasteiger partial charge on any atom is 0.251 e. The van der Waals surface area contributed by atoms with Gasteiger partial charge in [0.05, 0.1) is 17.2 Å². The molecule has 0 aliphatic rings. The first-order chi connectivity index (χ1) is 12.8. The average Bonchev–Trinajstić information content (AvgIpc) is 3.27. The lowest BCUT2D eigenvalue weighted by Crippen LogP contribution is -2.22. The molecule has 3 N–H and O–H groups in total. The number of carbonyl (C=O) groups is 1. The van der Waals surface area contributed by atoms with Crippen LogP contribution in [0.3, 0.4) is 0 Å². The monoisotopic (exact) mass is 439 g/mol. The van der Waals surface area contributed by atoms with E-state index < -0.39 is 10.0 Å². The summed E-state index contributed by atoms with van der Waals surface area (Å²) in [5, 5.41) is 11.0. The van der Waals surface area contributed by atoms with Gasteiger partial charge in [0.15, 0.2) is 0 Å². The molecule has 10 heteroatoms. The van der Waals surface area contributed by atoms with Gasteiger partial charge in [0.25, 0.3) is 5.91 Å². The Bertz CT molecular complexity index is 1040. The molecule has 0 unspecified atom stereocenters. The zero-order chi connectivity index (χ0) is 19.4. The number of primary sulfonamides is 1. The lowest BCUT2D eigenvalue weighted by Gasteiger charge is -2.05. The number of nitrogens with zero attached hydrogens (tertiary/aromatic N) is 1. The highest BCUT2D eigenvalue weighted by molar-refractivity contribution is 7.98. The van der Waals surface area contributed by atoms with Gasteiger partial charge in [-0.15, -0.1) is 34.4 Å². The molecule has 6 nitrogen and oxygen atoms in total. The number of rotatable bonds is 7. The van der Waals surface area contributed by atoms with Crippen molar-refractivity contribution in [1.82, 2.24) is 10.3 Å². The molecule has 0 fully saturated rings. The molecule has 3 rings (SSSR count). The number of thiophene rings is 1. The summed E-state index contributed by atoms with van der Waals surface area (Å²) >= 11 is 4.35. The Morgan fingerprint density at radius 1 is 1.22 bits per heavy atom. The largest absolute Gasteiger partial charge is 0.347 e. The van der Waals surface area contributed by atoms with E-state index in [-0.39, 0.29) is 16.7 Å². The van der Waals surface area contributed by atoms with Crippen molar-refractivity contribution in [1.29, 1.82) is 0 Å². The van der Waals surface area contributed by atoms with Gasteiger partial charge in [-0.2, -0.15) is 0 Å². The van der Waals surface area contributed by atoms with Gasteiger partial charge in [-0.3, -0.25) is 4.79 Å². The minimum Gasteiger partial charge on any atom is -0.347 e. The fourth-order valence-electron chi connectivity index (χ4n) is 2.21. The van der Waals surface area contributed by atoms with Crippen LogP contribution < -0.4 is 10.5 Å². The summed E-state index contributed by atoms with van der Waals surface area (Å²) in [6.45, 7) is 2.23. The summed E-state index contributed by atoms with van der Waals surface area (Å²) in [5.41, 5.74) is 1.60. The molecule has 142 valence electrons. The maximum atomic E-state index is 12.3. The number of amides is 1. The standard InChI is InChI=1S/C17H17N3O3S4/c1-11-20-13(9-24-11)10-25-14-4-2-12(3-5-14)17(21)19-8-15-6-7-16(26-15)27(18,22)23/h2-7,9H,8,10H2,1H3,(H,19,21)(H2,18,22,23). The van der Waals surface area contributed by atoms with Crippen molar-refractivity contribution in [2.45, 2.75) is 28.3 Å².